The highest BCUT2D eigenvalue weighted by Crippen LogP contribution is 2.25. The van der Waals surface area contributed by atoms with E-state index in [4.69, 9.17) is 9.52 Å². The lowest BCUT2D eigenvalue weighted by atomic mass is 10.2. The summed E-state index contributed by atoms with van der Waals surface area (Å²) in [7, 11) is 0. The molecule has 94 valence electrons. The summed E-state index contributed by atoms with van der Waals surface area (Å²) in [6, 6.07) is 10.3. The number of hydrogen-bond acceptors (Lipinski definition) is 3. The maximum Gasteiger partial charge on any atom is 0.335 e. The third kappa shape index (κ3) is 2.06. The highest BCUT2D eigenvalue weighted by atomic mass is 19.1. The molecule has 0 radical (unpaired) electrons. The van der Waals surface area contributed by atoms with Crippen molar-refractivity contribution in [2.75, 3.05) is 0 Å². The van der Waals surface area contributed by atoms with Crippen LogP contribution in [0.3, 0.4) is 0 Å². The average molecular weight is 257 g/mol. The van der Waals surface area contributed by atoms with Gasteiger partial charge in [-0.05, 0) is 36.4 Å². The third-order valence-corrected chi connectivity index (χ3v) is 2.71. The van der Waals surface area contributed by atoms with Crippen LogP contribution in [0.4, 0.5) is 4.39 Å². The highest BCUT2D eigenvalue weighted by molar-refractivity contribution is 5.92. The molecule has 0 aliphatic heterocycles. The summed E-state index contributed by atoms with van der Waals surface area (Å²) in [6.45, 7) is 0. The average Bonchev–Trinajstić information content (AvgIpc) is 2.81. The van der Waals surface area contributed by atoms with Crippen LogP contribution < -0.4 is 0 Å². The zero-order chi connectivity index (χ0) is 13.4. The fraction of sp³-hybridized carbons (Fsp3) is 0. The van der Waals surface area contributed by atoms with Crippen molar-refractivity contribution in [3.05, 3.63) is 53.8 Å². The Morgan fingerprint density at radius 3 is 2.79 bits per heavy atom. The number of benzene rings is 2. The molecule has 0 bridgehead atoms. The number of halogens is 1. The van der Waals surface area contributed by atoms with E-state index >= 15 is 0 Å². The number of aromatic carboxylic acids is 1. The SMILES string of the molecule is O=C(O)c1ccc2nc(-c3cccc(F)c3)oc2c1. The minimum absolute atomic E-state index is 0.120. The van der Waals surface area contributed by atoms with Crippen LogP contribution in [-0.2, 0) is 0 Å². The van der Waals surface area contributed by atoms with Gasteiger partial charge in [-0.3, -0.25) is 0 Å². The summed E-state index contributed by atoms with van der Waals surface area (Å²) in [4.78, 5) is 15.1. The van der Waals surface area contributed by atoms with Crippen molar-refractivity contribution < 1.29 is 18.7 Å². The van der Waals surface area contributed by atoms with Gasteiger partial charge in [0, 0.05) is 5.56 Å². The minimum atomic E-state index is -1.04. The lowest BCUT2D eigenvalue weighted by Crippen LogP contribution is -1.94. The van der Waals surface area contributed by atoms with E-state index in [-0.39, 0.29) is 17.3 Å². The zero-order valence-corrected chi connectivity index (χ0v) is 9.63. The maximum absolute atomic E-state index is 13.1. The third-order valence-electron chi connectivity index (χ3n) is 2.71. The van der Waals surface area contributed by atoms with E-state index in [1.807, 2.05) is 0 Å². The smallest absolute Gasteiger partial charge is 0.335 e. The quantitative estimate of drug-likeness (QED) is 0.764. The molecule has 3 aromatic rings. The fourth-order valence-electron chi connectivity index (χ4n) is 1.80. The van der Waals surface area contributed by atoms with E-state index in [1.165, 1.54) is 24.3 Å². The highest BCUT2D eigenvalue weighted by Gasteiger charge is 2.11. The standard InChI is InChI=1S/C14H8FNO3/c15-10-3-1-2-8(6-10)13-16-11-5-4-9(14(17)18)7-12(11)19-13/h1-7H,(H,17,18). The molecule has 0 unspecified atom stereocenters. The van der Waals surface area contributed by atoms with Gasteiger partial charge in [0.2, 0.25) is 5.89 Å². The van der Waals surface area contributed by atoms with E-state index in [0.717, 1.165) is 0 Å². The van der Waals surface area contributed by atoms with Crippen molar-refractivity contribution >= 4 is 17.1 Å². The Morgan fingerprint density at radius 1 is 1.21 bits per heavy atom. The lowest BCUT2D eigenvalue weighted by Gasteiger charge is -1.94. The second-order valence-electron chi connectivity index (χ2n) is 4.02. The molecule has 0 spiro atoms. The largest absolute Gasteiger partial charge is 0.478 e. The summed E-state index contributed by atoms with van der Waals surface area (Å²) >= 11 is 0. The molecule has 4 nitrogen and oxygen atoms in total. The van der Waals surface area contributed by atoms with Crippen LogP contribution >= 0.6 is 0 Å². The van der Waals surface area contributed by atoms with E-state index in [9.17, 15) is 9.18 Å². The number of aromatic nitrogens is 1. The summed E-state index contributed by atoms with van der Waals surface area (Å²) in [6.07, 6.45) is 0. The monoisotopic (exact) mass is 257 g/mol. The van der Waals surface area contributed by atoms with Crippen LogP contribution in [0.25, 0.3) is 22.6 Å². The second kappa shape index (κ2) is 4.20. The fourth-order valence-corrected chi connectivity index (χ4v) is 1.80. The second-order valence-corrected chi connectivity index (χ2v) is 4.02. The first-order valence-corrected chi connectivity index (χ1v) is 5.53. The van der Waals surface area contributed by atoms with Crippen LogP contribution in [0.15, 0.2) is 46.9 Å². The Morgan fingerprint density at radius 2 is 2.05 bits per heavy atom. The normalized spacial score (nSPS) is 10.8. The first-order valence-electron chi connectivity index (χ1n) is 5.53. The zero-order valence-electron chi connectivity index (χ0n) is 9.63. The van der Waals surface area contributed by atoms with Crippen molar-refractivity contribution in [3.8, 4) is 11.5 Å². The van der Waals surface area contributed by atoms with Gasteiger partial charge in [-0.1, -0.05) is 6.07 Å². The van der Waals surface area contributed by atoms with Crippen LogP contribution in [0, 0.1) is 5.82 Å². The Hall–Kier alpha value is -2.69. The molecule has 3 rings (SSSR count). The number of hydrogen-bond donors (Lipinski definition) is 1. The lowest BCUT2D eigenvalue weighted by molar-refractivity contribution is 0.0697. The molecule has 1 heterocycles. The molecular weight excluding hydrogens is 249 g/mol. The topological polar surface area (TPSA) is 63.3 Å². The molecule has 5 heteroatoms. The molecule has 19 heavy (non-hydrogen) atoms. The molecule has 2 aromatic carbocycles. The van der Waals surface area contributed by atoms with Crippen LogP contribution in [0.2, 0.25) is 0 Å². The van der Waals surface area contributed by atoms with E-state index in [1.54, 1.807) is 18.2 Å². The summed E-state index contributed by atoms with van der Waals surface area (Å²) in [5.41, 5.74) is 1.52. The van der Waals surface area contributed by atoms with E-state index < -0.39 is 5.97 Å². The van der Waals surface area contributed by atoms with Gasteiger partial charge in [0.25, 0.3) is 0 Å². The van der Waals surface area contributed by atoms with Crippen LogP contribution in [0.5, 0.6) is 0 Å². The van der Waals surface area contributed by atoms with Crippen molar-refractivity contribution in [2.45, 2.75) is 0 Å². The molecular formula is C14H8FNO3. The van der Waals surface area contributed by atoms with Gasteiger partial charge in [-0.25, -0.2) is 14.2 Å². The van der Waals surface area contributed by atoms with Crippen molar-refractivity contribution in [1.29, 1.82) is 0 Å². The maximum atomic E-state index is 13.1. The Labute approximate surface area is 107 Å². The number of carboxylic acids is 1. The first-order chi connectivity index (χ1) is 9.13. The molecule has 0 saturated carbocycles. The summed E-state index contributed by atoms with van der Waals surface area (Å²) in [5, 5.41) is 8.89. The van der Waals surface area contributed by atoms with Gasteiger partial charge in [0.1, 0.15) is 11.3 Å². The Balaban J connectivity index is 2.14. The van der Waals surface area contributed by atoms with Gasteiger partial charge in [-0.2, -0.15) is 0 Å². The predicted molar refractivity (Wildman–Crippen MR) is 66.4 cm³/mol. The van der Waals surface area contributed by atoms with Crippen LogP contribution in [-0.4, -0.2) is 16.1 Å². The summed E-state index contributed by atoms with van der Waals surface area (Å²) in [5.74, 6) is -1.16. The molecule has 0 fully saturated rings. The van der Waals surface area contributed by atoms with E-state index in [2.05, 4.69) is 4.98 Å². The van der Waals surface area contributed by atoms with Crippen LogP contribution in [0.1, 0.15) is 10.4 Å². The van der Waals surface area contributed by atoms with Crippen molar-refractivity contribution in [2.24, 2.45) is 0 Å². The number of fused-ring (bicyclic) bond motifs is 1. The van der Waals surface area contributed by atoms with Crippen molar-refractivity contribution in [1.82, 2.24) is 4.98 Å². The molecule has 0 amide bonds. The minimum Gasteiger partial charge on any atom is -0.478 e. The number of rotatable bonds is 2. The van der Waals surface area contributed by atoms with Gasteiger partial charge >= 0.3 is 5.97 Å². The van der Waals surface area contributed by atoms with E-state index in [0.29, 0.717) is 16.7 Å². The Kier molecular flexibility index (Phi) is 2.52. The van der Waals surface area contributed by atoms with Crippen molar-refractivity contribution in [3.63, 3.8) is 0 Å². The molecule has 0 saturated heterocycles. The number of carboxylic acid groups (broad SMARTS) is 1. The van der Waals surface area contributed by atoms with Gasteiger partial charge in [0.05, 0.1) is 5.56 Å². The molecule has 0 aliphatic rings. The number of carbonyl (C=O) groups is 1. The van der Waals surface area contributed by atoms with Gasteiger partial charge in [-0.15, -0.1) is 0 Å². The molecule has 1 aromatic heterocycles. The predicted octanol–water partition coefficient (Wildman–Crippen LogP) is 3.33. The Bertz CT molecular complexity index is 779. The molecule has 0 aliphatic carbocycles. The number of oxazole rings is 1. The first kappa shape index (κ1) is 11.4. The molecule has 0 atom stereocenters. The summed E-state index contributed by atoms with van der Waals surface area (Å²) < 4.78 is 18.6. The molecule has 1 N–H and O–H groups in total. The van der Waals surface area contributed by atoms with Gasteiger partial charge < -0.3 is 9.52 Å². The van der Waals surface area contributed by atoms with Gasteiger partial charge in [0.15, 0.2) is 5.58 Å². The number of nitrogens with zero attached hydrogens (tertiary/aromatic N) is 1.